The Bertz CT molecular complexity index is 880. The van der Waals surface area contributed by atoms with Gasteiger partial charge in [-0.25, -0.2) is 4.39 Å². The van der Waals surface area contributed by atoms with Crippen molar-refractivity contribution >= 4 is 11.6 Å². The molecule has 0 aliphatic heterocycles. The number of halogens is 1. The number of aromatic nitrogens is 2. The van der Waals surface area contributed by atoms with Crippen molar-refractivity contribution in [2.45, 2.75) is 13.3 Å². The molecule has 0 bridgehead atoms. The first kappa shape index (κ1) is 15.8. The minimum absolute atomic E-state index is 0.307. The lowest BCUT2D eigenvalue weighted by atomic mass is 10.0. The Kier molecular flexibility index (Phi) is 4.61. The van der Waals surface area contributed by atoms with E-state index in [1.807, 2.05) is 13.0 Å². The van der Waals surface area contributed by atoms with Gasteiger partial charge >= 0.3 is 0 Å². The Balaban J connectivity index is 1.95. The Morgan fingerprint density at radius 2 is 2.04 bits per heavy atom. The van der Waals surface area contributed by atoms with E-state index in [2.05, 4.69) is 15.3 Å². The van der Waals surface area contributed by atoms with Gasteiger partial charge in [0.15, 0.2) is 0 Å². The average molecular weight is 321 g/mol. The molecule has 3 aromatic rings. The van der Waals surface area contributed by atoms with Crippen LogP contribution in [0.1, 0.15) is 23.0 Å². The molecule has 0 spiro atoms. The monoisotopic (exact) mass is 321 g/mol. The van der Waals surface area contributed by atoms with Gasteiger partial charge in [-0.2, -0.15) is 0 Å². The first-order chi connectivity index (χ1) is 11.7. The van der Waals surface area contributed by atoms with Crippen molar-refractivity contribution in [2.75, 3.05) is 5.32 Å². The molecule has 3 rings (SSSR count). The summed E-state index contributed by atoms with van der Waals surface area (Å²) < 4.78 is 13.5. The molecule has 0 saturated carbocycles. The number of carbonyl (C=O) groups excluding carboxylic acids is 1. The summed E-state index contributed by atoms with van der Waals surface area (Å²) in [6.07, 6.45) is 5.45. The summed E-state index contributed by atoms with van der Waals surface area (Å²) in [4.78, 5) is 20.8. The molecule has 0 aliphatic rings. The van der Waals surface area contributed by atoms with Gasteiger partial charge in [-0.15, -0.1) is 0 Å². The first-order valence-electron chi connectivity index (χ1n) is 7.64. The van der Waals surface area contributed by atoms with Crippen LogP contribution in [-0.2, 0) is 6.42 Å². The minimum atomic E-state index is -0.334. The van der Waals surface area contributed by atoms with Crippen molar-refractivity contribution in [1.82, 2.24) is 9.97 Å². The summed E-state index contributed by atoms with van der Waals surface area (Å²) >= 11 is 0. The number of nitrogens with zero attached hydrogens (tertiary/aromatic N) is 2. The van der Waals surface area contributed by atoms with Crippen LogP contribution in [0.15, 0.2) is 61.1 Å². The maximum absolute atomic E-state index is 13.5. The first-order valence-corrected chi connectivity index (χ1v) is 7.64. The molecule has 5 heteroatoms. The number of benzene rings is 1. The van der Waals surface area contributed by atoms with E-state index in [0.717, 1.165) is 5.56 Å². The van der Waals surface area contributed by atoms with Gasteiger partial charge in [0.05, 0.1) is 11.9 Å². The standard InChI is InChI=1S/C19H16FN3O/c1-2-13-6-4-9-22-18(13)19(24)23-17-12-21-10-8-16(17)14-5-3-7-15(20)11-14/h3-12H,2H2,1H3,(H,23,24). The normalized spacial score (nSPS) is 10.4. The number of pyridine rings is 2. The summed E-state index contributed by atoms with van der Waals surface area (Å²) in [6.45, 7) is 1.97. The molecule has 0 saturated heterocycles. The van der Waals surface area contributed by atoms with Crippen LogP contribution in [-0.4, -0.2) is 15.9 Å². The third kappa shape index (κ3) is 3.30. The second kappa shape index (κ2) is 7.00. The number of nitrogens with one attached hydrogen (secondary N) is 1. The number of aryl methyl sites for hydroxylation is 1. The molecular formula is C19H16FN3O. The Hall–Kier alpha value is -3.08. The third-order valence-electron chi connectivity index (χ3n) is 3.69. The Morgan fingerprint density at radius 1 is 1.17 bits per heavy atom. The number of anilines is 1. The van der Waals surface area contributed by atoms with E-state index in [0.29, 0.717) is 28.9 Å². The van der Waals surface area contributed by atoms with Crippen LogP contribution < -0.4 is 5.32 Å². The van der Waals surface area contributed by atoms with Crippen molar-refractivity contribution < 1.29 is 9.18 Å². The maximum Gasteiger partial charge on any atom is 0.274 e. The highest BCUT2D eigenvalue weighted by Gasteiger charge is 2.14. The third-order valence-corrected chi connectivity index (χ3v) is 3.69. The van der Waals surface area contributed by atoms with Crippen molar-refractivity contribution in [3.05, 3.63) is 78.1 Å². The summed E-state index contributed by atoms with van der Waals surface area (Å²) in [5.41, 5.74) is 3.14. The van der Waals surface area contributed by atoms with Gasteiger partial charge in [0.25, 0.3) is 5.91 Å². The van der Waals surface area contributed by atoms with Gasteiger partial charge in [-0.05, 0) is 41.8 Å². The van der Waals surface area contributed by atoms with Crippen LogP contribution in [0, 0.1) is 5.82 Å². The van der Waals surface area contributed by atoms with Crippen molar-refractivity contribution in [1.29, 1.82) is 0 Å². The molecule has 1 amide bonds. The molecule has 0 unspecified atom stereocenters. The number of rotatable bonds is 4. The zero-order valence-corrected chi connectivity index (χ0v) is 13.2. The van der Waals surface area contributed by atoms with Gasteiger partial charge in [0.1, 0.15) is 11.5 Å². The maximum atomic E-state index is 13.5. The number of carbonyl (C=O) groups is 1. The van der Waals surface area contributed by atoms with Crippen molar-refractivity contribution in [3.63, 3.8) is 0 Å². The Labute approximate surface area is 139 Å². The molecule has 120 valence electrons. The molecule has 2 aromatic heterocycles. The van der Waals surface area contributed by atoms with Crippen molar-refractivity contribution in [2.24, 2.45) is 0 Å². The topological polar surface area (TPSA) is 54.9 Å². The SMILES string of the molecule is CCc1cccnc1C(=O)Nc1cnccc1-c1cccc(F)c1. The van der Waals surface area contributed by atoms with Crippen LogP contribution in [0.3, 0.4) is 0 Å². The average Bonchev–Trinajstić information content (AvgIpc) is 2.62. The van der Waals surface area contributed by atoms with Gasteiger partial charge in [0.2, 0.25) is 0 Å². The van der Waals surface area contributed by atoms with Crippen molar-refractivity contribution in [3.8, 4) is 11.1 Å². The van der Waals surface area contributed by atoms with E-state index in [9.17, 15) is 9.18 Å². The lowest BCUT2D eigenvalue weighted by Gasteiger charge is -2.12. The van der Waals surface area contributed by atoms with Crippen LogP contribution in [0.4, 0.5) is 10.1 Å². The molecule has 1 N–H and O–H groups in total. The molecule has 0 atom stereocenters. The fourth-order valence-electron chi connectivity index (χ4n) is 2.51. The zero-order valence-electron chi connectivity index (χ0n) is 13.2. The summed E-state index contributed by atoms with van der Waals surface area (Å²) in [5, 5.41) is 2.83. The van der Waals surface area contributed by atoms with E-state index in [1.165, 1.54) is 12.1 Å². The minimum Gasteiger partial charge on any atom is -0.319 e. The largest absolute Gasteiger partial charge is 0.319 e. The summed E-state index contributed by atoms with van der Waals surface area (Å²) in [7, 11) is 0. The van der Waals surface area contributed by atoms with Gasteiger partial charge in [-0.1, -0.05) is 25.1 Å². The second-order valence-electron chi connectivity index (χ2n) is 5.25. The highest BCUT2D eigenvalue weighted by Crippen LogP contribution is 2.27. The highest BCUT2D eigenvalue weighted by molar-refractivity contribution is 6.05. The van der Waals surface area contributed by atoms with Crippen LogP contribution in [0.5, 0.6) is 0 Å². The van der Waals surface area contributed by atoms with Gasteiger partial charge in [0, 0.05) is 18.0 Å². The lowest BCUT2D eigenvalue weighted by Crippen LogP contribution is -2.16. The fraction of sp³-hybridized carbons (Fsp3) is 0.105. The molecule has 0 fully saturated rings. The molecule has 4 nitrogen and oxygen atoms in total. The predicted octanol–water partition coefficient (Wildman–Crippen LogP) is 4.10. The smallest absolute Gasteiger partial charge is 0.274 e. The fourth-order valence-corrected chi connectivity index (χ4v) is 2.51. The number of hydrogen-bond donors (Lipinski definition) is 1. The van der Waals surface area contributed by atoms with E-state index >= 15 is 0 Å². The molecule has 0 aliphatic carbocycles. The molecule has 1 aromatic carbocycles. The molecule has 24 heavy (non-hydrogen) atoms. The number of amides is 1. The summed E-state index contributed by atoms with van der Waals surface area (Å²) in [5.74, 6) is -0.641. The van der Waals surface area contributed by atoms with E-state index < -0.39 is 0 Å². The van der Waals surface area contributed by atoms with Gasteiger partial charge < -0.3 is 5.32 Å². The quantitative estimate of drug-likeness (QED) is 0.787. The number of hydrogen-bond acceptors (Lipinski definition) is 3. The van der Waals surface area contributed by atoms with Crippen LogP contribution >= 0.6 is 0 Å². The lowest BCUT2D eigenvalue weighted by molar-refractivity contribution is 0.102. The van der Waals surface area contributed by atoms with Gasteiger partial charge in [-0.3, -0.25) is 14.8 Å². The van der Waals surface area contributed by atoms with Crippen LogP contribution in [0.25, 0.3) is 11.1 Å². The van der Waals surface area contributed by atoms with E-state index in [1.54, 1.807) is 42.9 Å². The van der Waals surface area contributed by atoms with Crippen LogP contribution in [0.2, 0.25) is 0 Å². The Morgan fingerprint density at radius 3 is 2.83 bits per heavy atom. The molecule has 0 radical (unpaired) electrons. The van der Waals surface area contributed by atoms with E-state index in [-0.39, 0.29) is 11.7 Å². The zero-order chi connectivity index (χ0) is 16.9. The predicted molar refractivity (Wildman–Crippen MR) is 91.2 cm³/mol. The van der Waals surface area contributed by atoms with E-state index in [4.69, 9.17) is 0 Å². The molecular weight excluding hydrogens is 305 g/mol. The summed E-state index contributed by atoms with van der Waals surface area (Å²) in [6, 6.07) is 11.6. The second-order valence-corrected chi connectivity index (χ2v) is 5.25. The molecule has 2 heterocycles. The highest BCUT2D eigenvalue weighted by atomic mass is 19.1.